The van der Waals surface area contributed by atoms with Crippen molar-refractivity contribution in [1.29, 1.82) is 5.26 Å². The van der Waals surface area contributed by atoms with Crippen molar-refractivity contribution in [3.05, 3.63) is 35.9 Å². The SMILES string of the molecule is CC(C)(C)C(=O)ON=C(C#N)c1ccccc1. The predicted molar refractivity (Wildman–Crippen MR) is 64.1 cm³/mol. The van der Waals surface area contributed by atoms with Crippen molar-refractivity contribution in [2.45, 2.75) is 20.8 Å². The van der Waals surface area contributed by atoms with Crippen LogP contribution in [-0.2, 0) is 9.63 Å². The molecule has 1 aromatic rings. The Bertz CT molecular complexity index is 464. The third kappa shape index (κ3) is 3.72. The molecule has 0 saturated heterocycles. The highest BCUT2D eigenvalue weighted by molar-refractivity contribution is 6.11. The van der Waals surface area contributed by atoms with Crippen LogP contribution < -0.4 is 0 Å². The summed E-state index contributed by atoms with van der Waals surface area (Å²) in [6.45, 7) is 5.16. The van der Waals surface area contributed by atoms with E-state index in [2.05, 4.69) is 5.16 Å². The van der Waals surface area contributed by atoms with Gasteiger partial charge in [0, 0.05) is 5.56 Å². The Kier molecular flexibility index (Phi) is 4.00. The number of nitrogens with zero attached hydrogens (tertiary/aromatic N) is 2. The van der Waals surface area contributed by atoms with Gasteiger partial charge in [0.05, 0.1) is 5.41 Å². The summed E-state index contributed by atoms with van der Waals surface area (Å²) in [5, 5.41) is 12.5. The van der Waals surface area contributed by atoms with Crippen LogP contribution in [-0.4, -0.2) is 11.7 Å². The van der Waals surface area contributed by atoms with Gasteiger partial charge in [-0.15, -0.1) is 0 Å². The second-order valence-electron chi connectivity index (χ2n) is 4.55. The molecule has 17 heavy (non-hydrogen) atoms. The molecule has 0 heterocycles. The number of hydrogen-bond acceptors (Lipinski definition) is 4. The lowest BCUT2D eigenvalue weighted by Crippen LogP contribution is -2.21. The molecule has 0 aliphatic carbocycles. The molecule has 0 bridgehead atoms. The first-order chi connectivity index (χ1) is 7.95. The van der Waals surface area contributed by atoms with Crippen LogP contribution in [0.1, 0.15) is 26.3 Å². The van der Waals surface area contributed by atoms with Gasteiger partial charge >= 0.3 is 5.97 Å². The third-order valence-corrected chi connectivity index (χ3v) is 1.99. The summed E-state index contributed by atoms with van der Waals surface area (Å²) < 4.78 is 0. The Morgan fingerprint density at radius 3 is 2.35 bits per heavy atom. The van der Waals surface area contributed by atoms with Crippen LogP contribution in [0, 0.1) is 16.7 Å². The molecule has 88 valence electrons. The molecule has 0 spiro atoms. The van der Waals surface area contributed by atoms with E-state index in [1.165, 1.54) is 0 Å². The van der Waals surface area contributed by atoms with Gasteiger partial charge in [0.25, 0.3) is 0 Å². The molecule has 1 rings (SSSR count). The highest BCUT2D eigenvalue weighted by Gasteiger charge is 2.23. The summed E-state index contributed by atoms with van der Waals surface area (Å²) in [6, 6.07) is 10.8. The summed E-state index contributed by atoms with van der Waals surface area (Å²) in [7, 11) is 0. The number of nitriles is 1. The molecule has 0 radical (unpaired) electrons. The highest BCUT2D eigenvalue weighted by atomic mass is 16.7. The van der Waals surface area contributed by atoms with Crippen LogP contribution in [0.15, 0.2) is 35.5 Å². The van der Waals surface area contributed by atoms with E-state index in [4.69, 9.17) is 10.1 Å². The minimum Gasteiger partial charge on any atom is -0.316 e. The zero-order chi connectivity index (χ0) is 12.9. The fourth-order valence-electron chi connectivity index (χ4n) is 0.958. The van der Waals surface area contributed by atoms with Crippen molar-refractivity contribution >= 4 is 11.7 Å². The fraction of sp³-hybridized carbons (Fsp3) is 0.308. The van der Waals surface area contributed by atoms with E-state index in [0.29, 0.717) is 5.56 Å². The Balaban J connectivity index is 2.85. The fourth-order valence-corrected chi connectivity index (χ4v) is 0.958. The molecule has 0 amide bonds. The third-order valence-electron chi connectivity index (χ3n) is 1.99. The molecule has 0 fully saturated rings. The molecular formula is C13H14N2O2. The van der Waals surface area contributed by atoms with Gasteiger partial charge in [-0.2, -0.15) is 5.26 Å². The number of benzene rings is 1. The average molecular weight is 230 g/mol. The van der Waals surface area contributed by atoms with Crippen LogP contribution in [0.4, 0.5) is 0 Å². The first-order valence-corrected chi connectivity index (χ1v) is 5.20. The molecule has 4 heteroatoms. The van der Waals surface area contributed by atoms with Crippen molar-refractivity contribution in [2.24, 2.45) is 10.6 Å². The van der Waals surface area contributed by atoms with Gasteiger partial charge in [0.2, 0.25) is 0 Å². The van der Waals surface area contributed by atoms with Gasteiger partial charge in [-0.25, -0.2) is 4.79 Å². The van der Waals surface area contributed by atoms with Crippen molar-refractivity contribution in [1.82, 2.24) is 0 Å². The topological polar surface area (TPSA) is 62.4 Å². The van der Waals surface area contributed by atoms with Gasteiger partial charge in [0.1, 0.15) is 6.07 Å². The van der Waals surface area contributed by atoms with Gasteiger partial charge < -0.3 is 4.84 Å². The average Bonchev–Trinajstić information content (AvgIpc) is 2.29. The van der Waals surface area contributed by atoms with Crippen molar-refractivity contribution in [3.63, 3.8) is 0 Å². The Morgan fingerprint density at radius 2 is 1.88 bits per heavy atom. The number of hydrogen-bond donors (Lipinski definition) is 0. The molecule has 0 N–H and O–H groups in total. The lowest BCUT2D eigenvalue weighted by atomic mass is 9.98. The lowest BCUT2D eigenvalue weighted by molar-refractivity contribution is -0.152. The van der Waals surface area contributed by atoms with Gasteiger partial charge in [-0.1, -0.05) is 35.5 Å². The largest absolute Gasteiger partial charge is 0.340 e. The molecule has 0 unspecified atom stereocenters. The summed E-state index contributed by atoms with van der Waals surface area (Å²) in [6.07, 6.45) is 0. The van der Waals surface area contributed by atoms with E-state index < -0.39 is 11.4 Å². The van der Waals surface area contributed by atoms with Crippen LogP contribution in [0.5, 0.6) is 0 Å². The Morgan fingerprint density at radius 1 is 1.29 bits per heavy atom. The molecule has 0 aliphatic rings. The van der Waals surface area contributed by atoms with Crippen LogP contribution in [0.25, 0.3) is 0 Å². The van der Waals surface area contributed by atoms with E-state index in [0.717, 1.165) is 0 Å². The minimum absolute atomic E-state index is 0.0863. The molecule has 0 aliphatic heterocycles. The summed E-state index contributed by atoms with van der Waals surface area (Å²) >= 11 is 0. The number of carbonyl (C=O) groups excluding carboxylic acids is 1. The Labute approximate surface area is 101 Å². The molecule has 0 aromatic heterocycles. The molecule has 1 aromatic carbocycles. The van der Waals surface area contributed by atoms with Crippen molar-refractivity contribution in [2.75, 3.05) is 0 Å². The zero-order valence-corrected chi connectivity index (χ0v) is 10.1. The maximum atomic E-state index is 11.5. The van der Waals surface area contributed by atoms with E-state index in [-0.39, 0.29) is 5.71 Å². The Hall–Kier alpha value is -2.15. The first-order valence-electron chi connectivity index (χ1n) is 5.20. The summed E-state index contributed by atoms with van der Waals surface area (Å²) in [5.41, 5.74) is 0.0701. The van der Waals surface area contributed by atoms with Crippen LogP contribution >= 0.6 is 0 Å². The number of carbonyl (C=O) groups is 1. The van der Waals surface area contributed by atoms with E-state index >= 15 is 0 Å². The van der Waals surface area contributed by atoms with Crippen molar-refractivity contribution < 1.29 is 9.63 Å². The first kappa shape index (κ1) is 12.9. The summed E-state index contributed by atoms with van der Waals surface area (Å²) in [4.78, 5) is 16.2. The standard InChI is InChI=1S/C13H14N2O2/c1-13(2,3)12(16)17-15-11(9-14)10-7-5-4-6-8-10/h4-8H,1-3H3. The second-order valence-corrected chi connectivity index (χ2v) is 4.55. The smallest absolute Gasteiger partial charge is 0.316 e. The van der Waals surface area contributed by atoms with Gasteiger partial charge in [-0.05, 0) is 20.8 Å². The molecule has 0 atom stereocenters. The molecule has 0 saturated carbocycles. The van der Waals surface area contributed by atoms with Crippen LogP contribution in [0.2, 0.25) is 0 Å². The van der Waals surface area contributed by atoms with Crippen molar-refractivity contribution in [3.8, 4) is 6.07 Å². The quantitative estimate of drug-likeness (QED) is 0.445. The maximum Gasteiger partial charge on any atom is 0.340 e. The second kappa shape index (κ2) is 5.26. The lowest BCUT2D eigenvalue weighted by Gasteiger charge is -2.12. The van der Waals surface area contributed by atoms with Gasteiger partial charge in [-0.3, -0.25) is 0 Å². The van der Waals surface area contributed by atoms with Crippen LogP contribution in [0.3, 0.4) is 0 Å². The number of rotatable bonds is 2. The summed E-state index contributed by atoms with van der Waals surface area (Å²) in [5.74, 6) is -0.471. The number of oxime groups is 1. The molecule has 4 nitrogen and oxygen atoms in total. The minimum atomic E-state index is -0.638. The zero-order valence-electron chi connectivity index (χ0n) is 10.1. The van der Waals surface area contributed by atoms with E-state index in [1.54, 1.807) is 45.0 Å². The molecular weight excluding hydrogens is 216 g/mol. The van der Waals surface area contributed by atoms with Gasteiger partial charge in [0.15, 0.2) is 5.71 Å². The van der Waals surface area contributed by atoms with E-state index in [1.807, 2.05) is 12.1 Å². The normalized spacial score (nSPS) is 11.8. The predicted octanol–water partition coefficient (Wildman–Crippen LogP) is 2.50. The monoisotopic (exact) mass is 230 g/mol. The maximum absolute atomic E-state index is 11.5. The van der Waals surface area contributed by atoms with E-state index in [9.17, 15) is 4.79 Å². The highest BCUT2D eigenvalue weighted by Crippen LogP contribution is 2.15.